The number of hydrogen-bond donors (Lipinski definition) is 4. The van der Waals surface area contributed by atoms with Gasteiger partial charge in [-0.15, -0.1) is 0 Å². The summed E-state index contributed by atoms with van der Waals surface area (Å²) in [5.41, 5.74) is 1.07. The first-order chi connectivity index (χ1) is 20.3. The Morgan fingerprint density at radius 3 is 2.53 bits per heavy atom. The van der Waals surface area contributed by atoms with E-state index in [4.69, 9.17) is 16.3 Å². The fourth-order valence-electron chi connectivity index (χ4n) is 4.90. The van der Waals surface area contributed by atoms with E-state index < -0.39 is 23.5 Å². The Morgan fingerprint density at radius 2 is 1.88 bits per heavy atom. The minimum atomic E-state index is -0.810. The number of rotatable bonds is 9. The minimum Gasteiger partial charge on any atom is -0.494 e. The molecule has 1 fully saturated rings. The maximum atomic E-state index is 13.8. The van der Waals surface area contributed by atoms with Crippen molar-refractivity contribution in [2.24, 2.45) is 5.41 Å². The summed E-state index contributed by atoms with van der Waals surface area (Å²) in [4.78, 5) is 50.6. The molecule has 1 aliphatic rings. The molecule has 0 radical (unpaired) electrons. The van der Waals surface area contributed by atoms with E-state index in [0.717, 1.165) is 4.47 Å². The topological polar surface area (TPSA) is 138 Å². The van der Waals surface area contributed by atoms with Gasteiger partial charge < -0.3 is 30.9 Å². The highest BCUT2D eigenvalue weighted by molar-refractivity contribution is 9.10. The van der Waals surface area contributed by atoms with Crippen LogP contribution in [0.3, 0.4) is 0 Å². The van der Waals surface area contributed by atoms with Gasteiger partial charge in [-0.05, 0) is 56.5 Å². The Labute approximate surface area is 264 Å². The number of methoxy groups -OCH3 is 1. The summed E-state index contributed by atoms with van der Waals surface area (Å²) in [6.07, 6.45) is 2.58. The fourth-order valence-corrected chi connectivity index (χ4v) is 5.62. The molecule has 0 saturated carbocycles. The lowest BCUT2D eigenvalue weighted by atomic mass is 9.85. The van der Waals surface area contributed by atoms with Crippen LogP contribution in [0.5, 0.6) is 5.75 Å². The van der Waals surface area contributed by atoms with E-state index in [0.29, 0.717) is 58.3 Å². The molecule has 0 bridgehead atoms. The highest BCUT2D eigenvalue weighted by Crippen LogP contribution is 2.35. The van der Waals surface area contributed by atoms with Crippen molar-refractivity contribution in [2.45, 2.75) is 58.7 Å². The van der Waals surface area contributed by atoms with Crippen molar-refractivity contribution >= 4 is 73.3 Å². The molecule has 0 spiro atoms. The Morgan fingerprint density at radius 1 is 1.14 bits per heavy atom. The molecule has 43 heavy (non-hydrogen) atoms. The molecule has 2 heterocycles. The summed E-state index contributed by atoms with van der Waals surface area (Å²) in [7, 11) is 3.19. The number of nitrogens with one attached hydrogen (secondary N) is 4. The molecule has 230 valence electrons. The van der Waals surface area contributed by atoms with Crippen molar-refractivity contribution in [3.63, 3.8) is 0 Å². The average molecular weight is 675 g/mol. The monoisotopic (exact) mass is 673 g/mol. The Kier molecular flexibility index (Phi) is 10.1. The van der Waals surface area contributed by atoms with Gasteiger partial charge in [-0.1, -0.05) is 48.3 Å². The summed E-state index contributed by atoms with van der Waals surface area (Å²) < 4.78 is 6.43. The first-order valence-corrected chi connectivity index (χ1v) is 15.1. The number of nitrogens with zero attached hydrogens (tertiary/aromatic N) is 3. The molecule has 3 aromatic rings. The zero-order valence-electron chi connectivity index (χ0n) is 25.0. The normalized spacial score (nSPS) is 16.5. The van der Waals surface area contributed by atoms with E-state index >= 15 is 0 Å². The third-order valence-corrected chi connectivity index (χ3v) is 8.27. The second-order valence-corrected chi connectivity index (χ2v) is 12.9. The average Bonchev–Trinajstić information content (AvgIpc) is 3.46. The van der Waals surface area contributed by atoms with Crippen LogP contribution >= 0.6 is 27.5 Å². The van der Waals surface area contributed by atoms with Gasteiger partial charge in [0, 0.05) is 22.5 Å². The summed E-state index contributed by atoms with van der Waals surface area (Å²) in [5, 5.41) is 13.1. The number of aromatic nitrogens is 2. The Bertz CT molecular complexity index is 1530. The standard InChI is InChI=1S/C30H37BrClN7O4/c1-16(33-5)27(40)38-25(30(2,3)4)29(42)39-11-7-8-23(39)28(41)37-22-13-18-21(14-24(22)43-6)34-15-35-26(18)36-20-10-9-17(31)12-19(20)32/h9-10,12-16,23,25,33H,7-8,11H2,1-6H3,(H,37,41)(H,38,40)(H,34,35,36). The lowest BCUT2D eigenvalue weighted by molar-refractivity contribution is -0.143. The number of benzene rings is 2. The maximum absolute atomic E-state index is 13.8. The molecule has 1 aromatic heterocycles. The van der Waals surface area contributed by atoms with E-state index in [1.165, 1.54) is 13.4 Å². The van der Waals surface area contributed by atoms with E-state index in [1.54, 1.807) is 37.1 Å². The van der Waals surface area contributed by atoms with Crippen LogP contribution in [0.25, 0.3) is 10.9 Å². The molecule has 1 aliphatic heterocycles. The number of carbonyl (C=O) groups excluding carboxylic acids is 3. The van der Waals surface area contributed by atoms with E-state index in [2.05, 4.69) is 47.2 Å². The highest BCUT2D eigenvalue weighted by atomic mass is 79.9. The van der Waals surface area contributed by atoms with Gasteiger partial charge in [0.15, 0.2) is 0 Å². The molecule has 3 atom stereocenters. The number of halogens is 2. The van der Waals surface area contributed by atoms with Crippen molar-refractivity contribution in [3.8, 4) is 5.75 Å². The minimum absolute atomic E-state index is 0.284. The Balaban J connectivity index is 1.61. The maximum Gasteiger partial charge on any atom is 0.247 e. The predicted octanol–water partition coefficient (Wildman–Crippen LogP) is 4.87. The number of carbonyl (C=O) groups is 3. The van der Waals surface area contributed by atoms with Gasteiger partial charge in [-0.2, -0.15) is 0 Å². The summed E-state index contributed by atoms with van der Waals surface area (Å²) in [5.74, 6) is -0.0339. The molecule has 11 nitrogen and oxygen atoms in total. The van der Waals surface area contributed by atoms with Gasteiger partial charge >= 0.3 is 0 Å². The lowest BCUT2D eigenvalue weighted by Gasteiger charge is -2.36. The van der Waals surface area contributed by atoms with Crippen LogP contribution in [-0.4, -0.2) is 71.4 Å². The van der Waals surface area contributed by atoms with E-state index in [1.807, 2.05) is 32.9 Å². The molecule has 3 unspecified atom stereocenters. The third-order valence-electron chi connectivity index (χ3n) is 7.46. The van der Waals surface area contributed by atoms with E-state index in [-0.39, 0.29) is 17.7 Å². The van der Waals surface area contributed by atoms with Gasteiger partial charge in [-0.3, -0.25) is 14.4 Å². The van der Waals surface area contributed by atoms with Crippen molar-refractivity contribution < 1.29 is 19.1 Å². The first-order valence-electron chi connectivity index (χ1n) is 14.0. The lowest BCUT2D eigenvalue weighted by Crippen LogP contribution is -2.59. The molecular weight excluding hydrogens is 638 g/mol. The number of hydrogen-bond acceptors (Lipinski definition) is 8. The predicted molar refractivity (Wildman–Crippen MR) is 172 cm³/mol. The van der Waals surface area contributed by atoms with Crippen LogP contribution in [0.2, 0.25) is 5.02 Å². The number of anilines is 3. The third kappa shape index (κ3) is 7.36. The van der Waals surface area contributed by atoms with Crippen molar-refractivity contribution in [1.82, 2.24) is 25.5 Å². The van der Waals surface area contributed by atoms with Crippen LogP contribution < -0.4 is 26.0 Å². The quantitative estimate of drug-likeness (QED) is 0.253. The number of ether oxygens (including phenoxy) is 1. The van der Waals surface area contributed by atoms with Crippen LogP contribution in [0, 0.1) is 5.41 Å². The van der Waals surface area contributed by atoms with Gasteiger partial charge in [0.05, 0.1) is 35.1 Å². The number of amides is 3. The molecule has 3 amide bonds. The number of likely N-dealkylation sites (tertiary alicyclic amines) is 1. The second-order valence-electron chi connectivity index (χ2n) is 11.5. The van der Waals surface area contributed by atoms with E-state index in [9.17, 15) is 14.4 Å². The number of fused-ring (bicyclic) bond motifs is 1. The SMILES string of the molecule is CNC(C)C(=O)NC(C(=O)N1CCCC1C(=O)Nc1cc2c(Nc3ccc(Br)cc3Cl)ncnc2cc1OC)C(C)(C)C. The molecule has 13 heteroatoms. The first kappa shape index (κ1) is 32.4. The molecule has 4 rings (SSSR count). The molecule has 2 aromatic carbocycles. The van der Waals surface area contributed by atoms with Crippen LogP contribution in [0.15, 0.2) is 41.1 Å². The second kappa shape index (κ2) is 13.4. The summed E-state index contributed by atoms with van der Waals surface area (Å²) in [6, 6.07) is 6.90. The molecule has 1 saturated heterocycles. The summed E-state index contributed by atoms with van der Waals surface area (Å²) >= 11 is 9.83. The van der Waals surface area contributed by atoms with Gasteiger partial charge in [0.25, 0.3) is 0 Å². The van der Waals surface area contributed by atoms with Gasteiger partial charge in [0.2, 0.25) is 17.7 Å². The van der Waals surface area contributed by atoms with Crippen molar-refractivity contribution in [2.75, 3.05) is 31.3 Å². The van der Waals surface area contributed by atoms with Crippen LogP contribution in [0.1, 0.15) is 40.5 Å². The van der Waals surface area contributed by atoms with Gasteiger partial charge in [-0.25, -0.2) is 9.97 Å². The number of likely N-dealkylation sites (N-methyl/N-ethyl adjacent to an activating group) is 1. The smallest absolute Gasteiger partial charge is 0.247 e. The zero-order chi connectivity index (χ0) is 31.5. The molecule has 0 aliphatic carbocycles. The summed E-state index contributed by atoms with van der Waals surface area (Å²) in [6.45, 7) is 7.80. The zero-order valence-corrected chi connectivity index (χ0v) is 27.4. The van der Waals surface area contributed by atoms with Crippen LogP contribution in [0.4, 0.5) is 17.2 Å². The van der Waals surface area contributed by atoms with Crippen LogP contribution in [-0.2, 0) is 14.4 Å². The van der Waals surface area contributed by atoms with Crippen molar-refractivity contribution in [1.29, 1.82) is 0 Å². The molecule has 4 N–H and O–H groups in total. The fraction of sp³-hybridized carbons (Fsp3) is 0.433. The molecular formula is C30H37BrClN7O4. The van der Waals surface area contributed by atoms with Crippen molar-refractivity contribution in [3.05, 3.63) is 46.2 Å². The highest BCUT2D eigenvalue weighted by Gasteiger charge is 2.42. The Hall–Kier alpha value is -3.48. The largest absolute Gasteiger partial charge is 0.494 e. The van der Waals surface area contributed by atoms with Gasteiger partial charge in [0.1, 0.15) is 30.0 Å².